The van der Waals surface area contributed by atoms with Gasteiger partial charge in [0, 0.05) is 25.7 Å². The lowest BCUT2D eigenvalue weighted by molar-refractivity contribution is -0.242. The second kappa shape index (κ2) is 11.5. The minimum atomic E-state index is -4.77. The highest BCUT2D eigenvalue weighted by Crippen LogP contribution is 2.38. The van der Waals surface area contributed by atoms with Crippen molar-refractivity contribution < 1.29 is 40.7 Å². The minimum Gasteiger partial charge on any atom is -0.489 e. The summed E-state index contributed by atoms with van der Waals surface area (Å²) in [5.74, 6) is 0.248. The smallest absolute Gasteiger partial charge is 0.427 e. The molecular weight excluding hydrogens is 531 g/mol. The number of sulfonamides is 1. The number of carbonyl (C=O) groups is 2. The standard InChI is InChI=1S/C20H25F3N4O5S.C3H7NO/c1-12(2)27-13(3)17(11-24-27)33(29,30)26-8-9-31-16-7-6-14(10-15(16)26)25-18(28)32-19(4,5)20(21,22)23;1-3(5)4-2/h6-7,10-12H,8-9H2,1-5H3,(H,25,28);1-2H3,(H,4,5). The Morgan fingerprint density at radius 2 is 1.82 bits per heavy atom. The molecule has 2 amide bonds. The van der Waals surface area contributed by atoms with Gasteiger partial charge in [-0.25, -0.2) is 13.2 Å². The first kappa shape index (κ1) is 30.7. The van der Waals surface area contributed by atoms with Gasteiger partial charge in [-0.1, -0.05) is 0 Å². The number of carbonyl (C=O) groups excluding carboxylic acids is 2. The summed E-state index contributed by atoms with van der Waals surface area (Å²) in [6, 6.07) is 4.05. The number of aromatic nitrogens is 2. The first-order valence-corrected chi connectivity index (χ1v) is 12.9. The summed E-state index contributed by atoms with van der Waals surface area (Å²) in [7, 11) is -2.44. The highest BCUT2D eigenvalue weighted by atomic mass is 32.2. The van der Waals surface area contributed by atoms with E-state index < -0.39 is 27.9 Å². The van der Waals surface area contributed by atoms with Crippen molar-refractivity contribution in [2.75, 3.05) is 29.8 Å². The fourth-order valence-electron chi connectivity index (χ4n) is 3.25. The summed E-state index contributed by atoms with van der Waals surface area (Å²) >= 11 is 0. The normalized spacial score (nSPS) is 13.6. The highest BCUT2D eigenvalue weighted by Gasteiger charge is 2.51. The van der Waals surface area contributed by atoms with Gasteiger partial charge in [-0.15, -0.1) is 0 Å². The maximum absolute atomic E-state index is 13.4. The number of nitrogens with zero attached hydrogens (tertiary/aromatic N) is 3. The van der Waals surface area contributed by atoms with Crippen molar-refractivity contribution in [3.05, 3.63) is 30.1 Å². The molecule has 38 heavy (non-hydrogen) atoms. The molecule has 212 valence electrons. The van der Waals surface area contributed by atoms with E-state index in [-0.39, 0.29) is 47.1 Å². The van der Waals surface area contributed by atoms with Crippen molar-refractivity contribution in [2.45, 2.75) is 64.3 Å². The molecule has 15 heteroatoms. The molecule has 1 aromatic carbocycles. The van der Waals surface area contributed by atoms with Crippen LogP contribution in [0.2, 0.25) is 0 Å². The fourth-order valence-corrected chi connectivity index (χ4v) is 4.85. The van der Waals surface area contributed by atoms with E-state index in [9.17, 15) is 31.2 Å². The number of rotatable bonds is 5. The molecule has 0 unspecified atom stereocenters. The van der Waals surface area contributed by atoms with Crippen LogP contribution in [-0.2, 0) is 19.6 Å². The topological polar surface area (TPSA) is 132 Å². The molecule has 0 radical (unpaired) electrons. The second-order valence-corrected chi connectivity index (χ2v) is 10.9. The number of ether oxygens (including phenoxy) is 2. The minimum absolute atomic E-state index is 0.00334. The van der Waals surface area contributed by atoms with E-state index in [0.29, 0.717) is 5.69 Å². The third kappa shape index (κ3) is 6.88. The van der Waals surface area contributed by atoms with Crippen LogP contribution >= 0.6 is 0 Å². The van der Waals surface area contributed by atoms with E-state index in [1.165, 1.54) is 31.3 Å². The predicted molar refractivity (Wildman–Crippen MR) is 134 cm³/mol. The zero-order valence-corrected chi connectivity index (χ0v) is 23.0. The number of amides is 2. The monoisotopic (exact) mass is 563 g/mol. The molecule has 2 heterocycles. The van der Waals surface area contributed by atoms with Crippen molar-refractivity contribution >= 4 is 33.4 Å². The summed E-state index contributed by atoms with van der Waals surface area (Å²) < 4.78 is 78.5. The Morgan fingerprint density at radius 1 is 1.21 bits per heavy atom. The molecule has 1 aliphatic rings. The van der Waals surface area contributed by atoms with Crippen LogP contribution in [0.4, 0.5) is 29.3 Å². The molecule has 0 atom stereocenters. The molecule has 0 saturated carbocycles. The Morgan fingerprint density at radius 3 is 2.32 bits per heavy atom. The zero-order chi connectivity index (χ0) is 29.1. The van der Waals surface area contributed by atoms with Gasteiger partial charge in [-0.05, 0) is 52.8 Å². The molecule has 1 aromatic heterocycles. The molecule has 11 nitrogen and oxygen atoms in total. The maximum Gasteiger partial charge on any atom is 0.427 e. The SMILES string of the molecule is CNC(C)=O.Cc1c(S(=O)(=O)N2CCOc3ccc(NC(=O)OC(C)(C)C(F)(F)F)cc32)cnn1C(C)C. The van der Waals surface area contributed by atoms with Crippen LogP contribution in [0.25, 0.3) is 0 Å². The van der Waals surface area contributed by atoms with Crippen molar-refractivity contribution in [1.29, 1.82) is 0 Å². The average molecular weight is 564 g/mol. The molecule has 0 aliphatic carbocycles. The number of halogens is 3. The van der Waals surface area contributed by atoms with Crippen LogP contribution in [0.5, 0.6) is 5.75 Å². The Kier molecular flexibility index (Phi) is 9.30. The van der Waals surface area contributed by atoms with Crippen LogP contribution in [0.1, 0.15) is 46.4 Å². The predicted octanol–water partition coefficient (Wildman–Crippen LogP) is 4.00. The summed E-state index contributed by atoms with van der Waals surface area (Å²) in [5.41, 5.74) is -2.08. The molecule has 2 N–H and O–H groups in total. The van der Waals surface area contributed by atoms with Gasteiger partial charge in [-0.2, -0.15) is 18.3 Å². The molecule has 2 aromatic rings. The van der Waals surface area contributed by atoms with Crippen LogP contribution < -0.4 is 19.7 Å². The van der Waals surface area contributed by atoms with E-state index in [4.69, 9.17) is 4.74 Å². The molecule has 0 spiro atoms. The van der Waals surface area contributed by atoms with Gasteiger partial charge in [0.15, 0.2) is 0 Å². The largest absolute Gasteiger partial charge is 0.489 e. The van der Waals surface area contributed by atoms with E-state index in [1.807, 2.05) is 13.8 Å². The number of nitrogens with one attached hydrogen (secondary N) is 2. The van der Waals surface area contributed by atoms with Gasteiger partial charge >= 0.3 is 12.3 Å². The van der Waals surface area contributed by atoms with E-state index in [0.717, 1.165) is 18.2 Å². The number of benzene rings is 1. The molecule has 0 bridgehead atoms. The fraction of sp³-hybridized carbons (Fsp3) is 0.522. The quantitative estimate of drug-likeness (QED) is 0.562. The van der Waals surface area contributed by atoms with Crippen LogP contribution in [0, 0.1) is 6.92 Å². The van der Waals surface area contributed by atoms with E-state index >= 15 is 0 Å². The molecule has 1 aliphatic heterocycles. The average Bonchev–Trinajstić information content (AvgIpc) is 3.20. The number of hydrogen-bond acceptors (Lipinski definition) is 7. The van der Waals surface area contributed by atoms with E-state index in [2.05, 4.69) is 20.5 Å². The lowest BCUT2D eigenvalue weighted by Crippen LogP contribution is -2.44. The van der Waals surface area contributed by atoms with Crippen LogP contribution in [0.3, 0.4) is 0 Å². The van der Waals surface area contributed by atoms with Crippen LogP contribution in [-0.4, -0.2) is 62.2 Å². The zero-order valence-electron chi connectivity index (χ0n) is 22.1. The van der Waals surface area contributed by atoms with Crippen molar-refractivity contribution in [2.24, 2.45) is 0 Å². The molecule has 0 fully saturated rings. The first-order valence-electron chi connectivity index (χ1n) is 11.5. The Labute approximate surface area is 219 Å². The van der Waals surface area contributed by atoms with Crippen molar-refractivity contribution in [3.63, 3.8) is 0 Å². The summed E-state index contributed by atoms with van der Waals surface area (Å²) in [4.78, 5) is 21.8. The number of anilines is 2. The Bertz CT molecular complexity index is 1270. The van der Waals surface area contributed by atoms with E-state index in [1.54, 1.807) is 18.7 Å². The second-order valence-electron chi connectivity index (χ2n) is 9.07. The number of fused-ring (bicyclic) bond motifs is 1. The van der Waals surface area contributed by atoms with Crippen molar-refractivity contribution in [3.8, 4) is 5.75 Å². The number of hydrogen-bond donors (Lipinski definition) is 2. The van der Waals surface area contributed by atoms with Gasteiger partial charge in [0.05, 0.1) is 24.1 Å². The Hall–Kier alpha value is -3.49. The molecule has 0 saturated heterocycles. The van der Waals surface area contributed by atoms with Gasteiger partial charge < -0.3 is 14.8 Å². The summed E-state index contributed by atoms with van der Waals surface area (Å²) in [6.45, 7) is 8.41. The molecular formula is C23H32F3N5O6S. The lowest BCUT2D eigenvalue weighted by Gasteiger charge is -2.31. The van der Waals surface area contributed by atoms with Gasteiger partial charge in [0.1, 0.15) is 17.3 Å². The lowest BCUT2D eigenvalue weighted by atomic mass is 10.1. The van der Waals surface area contributed by atoms with Crippen LogP contribution in [0.15, 0.2) is 29.3 Å². The maximum atomic E-state index is 13.4. The third-order valence-electron chi connectivity index (χ3n) is 5.47. The van der Waals surface area contributed by atoms with Gasteiger partial charge in [0.2, 0.25) is 11.5 Å². The van der Waals surface area contributed by atoms with Gasteiger partial charge in [0.25, 0.3) is 10.0 Å². The first-order chi connectivity index (χ1) is 17.4. The molecule has 3 rings (SSSR count). The summed E-state index contributed by atoms with van der Waals surface area (Å²) in [6.07, 6.45) is -4.83. The summed E-state index contributed by atoms with van der Waals surface area (Å²) in [5, 5.41) is 8.75. The van der Waals surface area contributed by atoms with Gasteiger partial charge in [-0.3, -0.25) is 19.1 Å². The third-order valence-corrected chi connectivity index (χ3v) is 7.38. The number of alkyl halides is 3. The highest BCUT2D eigenvalue weighted by molar-refractivity contribution is 7.92. The Balaban J connectivity index is 0.000000926. The van der Waals surface area contributed by atoms with Crippen molar-refractivity contribution in [1.82, 2.24) is 15.1 Å².